The Balaban J connectivity index is 1.69. The van der Waals surface area contributed by atoms with Crippen LogP contribution in [0.3, 0.4) is 0 Å². The molecule has 0 saturated carbocycles. The molecule has 25 heavy (non-hydrogen) atoms. The van der Waals surface area contributed by atoms with Crippen molar-refractivity contribution in [3.63, 3.8) is 0 Å². The van der Waals surface area contributed by atoms with E-state index in [1.54, 1.807) is 29.4 Å². The summed E-state index contributed by atoms with van der Waals surface area (Å²) >= 11 is 3.32. The second-order valence-electron chi connectivity index (χ2n) is 5.09. The molecule has 0 fully saturated rings. The van der Waals surface area contributed by atoms with Gasteiger partial charge in [0.05, 0.1) is 11.4 Å². The molecule has 0 spiro atoms. The van der Waals surface area contributed by atoms with E-state index in [9.17, 15) is 5.26 Å². The fourth-order valence-electron chi connectivity index (χ4n) is 2.21. The first-order valence-electron chi connectivity index (χ1n) is 7.60. The van der Waals surface area contributed by atoms with Crippen molar-refractivity contribution in [2.24, 2.45) is 4.99 Å². The van der Waals surface area contributed by atoms with Crippen molar-refractivity contribution in [3.8, 4) is 6.07 Å². The highest BCUT2D eigenvalue weighted by Crippen LogP contribution is 2.18. The number of allylic oxidation sites excluding steroid dienone is 2. The highest BCUT2D eigenvalue weighted by atomic mass is 79.9. The normalized spacial score (nSPS) is 16.9. The van der Waals surface area contributed by atoms with Crippen molar-refractivity contribution in [2.45, 2.75) is 13.0 Å². The number of pyridine rings is 1. The fraction of sp³-hybridized carbons (Fsp3) is 0.188. The average molecular weight is 399 g/mol. The van der Waals surface area contributed by atoms with Gasteiger partial charge in [-0.2, -0.15) is 10.4 Å². The van der Waals surface area contributed by atoms with Gasteiger partial charge in [0, 0.05) is 19.3 Å². The lowest BCUT2D eigenvalue weighted by Gasteiger charge is -2.17. The predicted molar refractivity (Wildman–Crippen MR) is 96.8 cm³/mol. The molecule has 0 radical (unpaired) electrons. The van der Waals surface area contributed by atoms with Gasteiger partial charge in [-0.25, -0.2) is 9.97 Å². The zero-order valence-corrected chi connectivity index (χ0v) is 14.8. The van der Waals surface area contributed by atoms with E-state index >= 15 is 0 Å². The van der Waals surface area contributed by atoms with E-state index in [-0.39, 0.29) is 0 Å². The van der Waals surface area contributed by atoms with E-state index in [1.165, 1.54) is 6.33 Å². The molecule has 9 heteroatoms. The predicted octanol–water partition coefficient (Wildman–Crippen LogP) is 1.82. The fourth-order valence-corrected chi connectivity index (χ4v) is 2.56. The van der Waals surface area contributed by atoms with Gasteiger partial charge in [0.1, 0.15) is 28.9 Å². The van der Waals surface area contributed by atoms with Crippen LogP contribution < -0.4 is 10.6 Å². The molecule has 0 bridgehead atoms. The molecule has 0 aromatic carbocycles. The highest BCUT2D eigenvalue weighted by Gasteiger charge is 2.13. The lowest BCUT2D eigenvalue weighted by atomic mass is 10.1. The second-order valence-corrected chi connectivity index (χ2v) is 5.90. The zero-order chi connectivity index (χ0) is 17.5. The summed E-state index contributed by atoms with van der Waals surface area (Å²) in [6.07, 6.45) is 7.56. The van der Waals surface area contributed by atoms with Gasteiger partial charge in [-0.1, -0.05) is 6.07 Å². The number of rotatable bonds is 5. The molecule has 1 aliphatic heterocycles. The van der Waals surface area contributed by atoms with E-state index in [1.807, 2.05) is 12.1 Å². The molecule has 2 aromatic rings. The number of halogens is 1. The summed E-state index contributed by atoms with van der Waals surface area (Å²) in [4.78, 5) is 12.7. The van der Waals surface area contributed by atoms with Gasteiger partial charge in [0.2, 0.25) is 0 Å². The van der Waals surface area contributed by atoms with E-state index < -0.39 is 0 Å². The lowest BCUT2D eigenvalue weighted by Crippen LogP contribution is -2.37. The van der Waals surface area contributed by atoms with Gasteiger partial charge >= 0.3 is 0 Å². The Morgan fingerprint density at radius 2 is 2.32 bits per heavy atom. The molecule has 0 unspecified atom stereocenters. The summed E-state index contributed by atoms with van der Waals surface area (Å²) in [5.41, 5.74) is 1.70. The van der Waals surface area contributed by atoms with Crippen LogP contribution in [0.5, 0.6) is 0 Å². The number of aliphatic imine (C=N–C) groups is 1. The SMILES string of the molecule is N#CC(=C1C=CNC(=NCCCn2cncn2)N1)c1cccc(Br)n1. The number of nitrogens with zero attached hydrogens (tertiary/aromatic N) is 6. The number of hydrogen-bond donors (Lipinski definition) is 2. The minimum absolute atomic E-state index is 0.453. The molecule has 0 aliphatic carbocycles. The van der Waals surface area contributed by atoms with E-state index in [4.69, 9.17) is 0 Å². The van der Waals surface area contributed by atoms with Gasteiger partial charge in [-0.3, -0.25) is 9.67 Å². The highest BCUT2D eigenvalue weighted by molar-refractivity contribution is 9.10. The van der Waals surface area contributed by atoms with E-state index in [0.717, 1.165) is 13.0 Å². The Kier molecular flexibility index (Phi) is 5.53. The first-order valence-corrected chi connectivity index (χ1v) is 8.40. The summed E-state index contributed by atoms with van der Waals surface area (Å²) in [5.74, 6) is 0.596. The van der Waals surface area contributed by atoms with Crippen molar-refractivity contribution in [1.82, 2.24) is 30.4 Å². The third kappa shape index (κ3) is 4.51. The van der Waals surface area contributed by atoms with Crippen LogP contribution in [0.4, 0.5) is 0 Å². The van der Waals surface area contributed by atoms with Crippen molar-refractivity contribution in [2.75, 3.05) is 6.54 Å². The first kappa shape index (κ1) is 16.9. The second kappa shape index (κ2) is 8.21. The largest absolute Gasteiger partial charge is 0.333 e. The number of aromatic nitrogens is 4. The molecule has 8 nitrogen and oxygen atoms in total. The van der Waals surface area contributed by atoms with Crippen molar-refractivity contribution in [1.29, 1.82) is 5.26 Å². The third-order valence-corrected chi connectivity index (χ3v) is 3.80. The van der Waals surface area contributed by atoms with Crippen LogP contribution in [0.1, 0.15) is 12.1 Å². The Labute approximate surface area is 153 Å². The molecule has 0 atom stereocenters. The molecule has 0 amide bonds. The first-order chi connectivity index (χ1) is 12.3. The minimum Gasteiger partial charge on any atom is -0.333 e. The van der Waals surface area contributed by atoms with Crippen LogP contribution in [0, 0.1) is 11.3 Å². The number of hydrogen-bond acceptors (Lipinski definition) is 5. The van der Waals surface area contributed by atoms with Gasteiger partial charge in [0.25, 0.3) is 0 Å². The third-order valence-electron chi connectivity index (χ3n) is 3.36. The molecular formula is C16H15BrN8. The smallest absolute Gasteiger partial charge is 0.199 e. The van der Waals surface area contributed by atoms with Crippen molar-refractivity contribution >= 4 is 27.5 Å². The van der Waals surface area contributed by atoms with E-state index in [2.05, 4.69) is 52.7 Å². The maximum atomic E-state index is 9.52. The number of nitrogens with one attached hydrogen (secondary N) is 2. The Morgan fingerprint density at radius 1 is 1.40 bits per heavy atom. The number of guanidine groups is 1. The Bertz CT molecular complexity index is 861. The number of nitriles is 1. The van der Waals surface area contributed by atoms with Crippen LogP contribution in [-0.2, 0) is 6.54 Å². The van der Waals surface area contributed by atoms with Gasteiger partial charge in [-0.15, -0.1) is 0 Å². The molecule has 0 saturated heterocycles. The molecule has 2 N–H and O–H groups in total. The quantitative estimate of drug-likeness (QED) is 0.452. The monoisotopic (exact) mass is 398 g/mol. The lowest BCUT2D eigenvalue weighted by molar-refractivity contribution is 0.583. The summed E-state index contributed by atoms with van der Waals surface area (Å²) in [6.45, 7) is 1.37. The molecular weight excluding hydrogens is 384 g/mol. The van der Waals surface area contributed by atoms with Crippen LogP contribution in [0.2, 0.25) is 0 Å². The zero-order valence-electron chi connectivity index (χ0n) is 13.2. The van der Waals surface area contributed by atoms with Crippen molar-refractivity contribution in [3.05, 3.63) is 59.1 Å². The van der Waals surface area contributed by atoms with Gasteiger partial charge in [0.15, 0.2) is 5.96 Å². The van der Waals surface area contributed by atoms with Gasteiger partial charge < -0.3 is 10.6 Å². The molecule has 126 valence electrons. The van der Waals surface area contributed by atoms with Gasteiger partial charge in [-0.05, 0) is 40.6 Å². The topological polar surface area (TPSA) is 104 Å². The van der Waals surface area contributed by atoms with Crippen LogP contribution in [0.25, 0.3) is 5.57 Å². The van der Waals surface area contributed by atoms with Crippen molar-refractivity contribution < 1.29 is 0 Å². The summed E-state index contributed by atoms with van der Waals surface area (Å²) in [7, 11) is 0. The number of aryl methyl sites for hydroxylation is 1. The van der Waals surface area contributed by atoms with Crippen LogP contribution >= 0.6 is 15.9 Å². The Hall–Kier alpha value is -2.99. The van der Waals surface area contributed by atoms with Crippen LogP contribution in [0.15, 0.2) is 58.4 Å². The molecule has 2 aromatic heterocycles. The summed E-state index contributed by atoms with van der Waals surface area (Å²) < 4.78 is 2.44. The molecule has 3 heterocycles. The molecule has 1 aliphatic rings. The minimum atomic E-state index is 0.453. The maximum absolute atomic E-state index is 9.52. The standard InChI is InChI=1S/C16H15BrN8/c17-15-4-1-3-13(23-15)12(9-18)14-5-7-21-16(24-14)20-6-2-8-25-11-19-10-22-25/h1,3-5,7,10-11H,2,6,8H2,(H2,20,21,24). The summed E-state index contributed by atoms with van der Waals surface area (Å²) in [5, 5.41) is 19.7. The molecule has 3 rings (SSSR count). The average Bonchev–Trinajstić information content (AvgIpc) is 3.13. The Morgan fingerprint density at radius 3 is 3.08 bits per heavy atom. The van der Waals surface area contributed by atoms with E-state index in [0.29, 0.717) is 34.1 Å². The maximum Gasteiger partial charge on any atom is 0.199 e. The van der Waals surface area contributed by atoms with Crippen LogP contribution in [-0.4, -0.2) is 32.3 Å². The summed E-state index contributed by atoms with van der Waals surface area (Å²) in [6, 6.07) is 7.66.